The highest BCUT2D eigenvalue weighted by Crippen LogP contribution is 2.37. The number of rotatable bonds is 12. The summed E-state index contributed by atoms with van der Waals surface area (Å²) in [6, 6.07) is 23.2. The predicted molar refractivity (Wildman–Crippen MR) is 141 cm³/mol. The van der Waals surface area contributed by atoms with E-state index in [1.807, 2.05) is 0 Å². The highest BCUT2D eigenvalue weighted by Gasteiger charge is 2.57. The van der Waals surface area contributed by atoms with Gasteiger partial charge in [-0.3, -0.25) is 9.59 Å². The van der Waals surface area contributed by atoms with Crippen molar-refractivity contribution in [1.29, 1.82) is 0 Å². The molecule has 0 spiro atoms. The van der Waals surface area contributed by atoms with E-state index in [1.165, 1.54) is 7.11 Å². The minimum Gasteiger partial charge on any atom is -0.497 e. The van der Waals surface area contributed by atoms with Crippen molar-refractivity contribution >= 4 is 23.6 Å². The lowest BCUT2D eigenvalue weighted by molar-refractivity contribution is -0.167. The van der Waals surface area contributed by atoms with Crippen LogP contribution in [0.15, 0.2) is 84.9 Å². The van der Waals surface area contributed by atoms with Crippen LogP contribution < -0.4 is 10.1 Å². The Balaban J connectivity index is 2.23. The molecule has 8 nitrogen and oxygen atoms in total. The summed E-state index contributed by atoms with van der Waals surface area (Å²) < 4.78 is 16.0. The van der Waals surface area contributed by atoms with Gasteiger partial charge in [0.25, 0.3) is 5.91 Å². The van der Waals surface area contributed by atoms with E-state index in [0.29, 0.717) is 16.9 Å². The maximum atomic E-state index is 13.7. The number of benzene rings is 3. The van der Waals surface area contributed by atoms with Crippen LogP contribution in [0.1, 0.15) is 52.5 Å². The minimum atomic E-state index is -2.36. The second-order valence-electron chi connectivity index (χ2n) is 8.39. The summed E-state index contributed by atoms with van der Waals surface area (Å²) in [7, 11) is 1.51. The Morgan fingerprint density at radius 2 is 1.24 bits per heavy atom. The molecule has 1 atom stereocenters. The van der Waals surface area contributed by atoms with E-state index in [-0.39, 0.29) is 31.0 Å². The number of esters is 2. The summed E-state index contributed by atoms with van der Waals surface area (Å²) in [4.78, 5) is 54.4. The van der Waals surface area contributed by atoms with Gasteiger partial charge in [-0.1, -0.05) is 60.7 Å². The number of amides is 1. The molecule has 0 aliphatic rings. The zero-order chi connectivity index (χ0) is 27.5. The van der Waals surface area contributed by atoms with Crippen LogP contribution in [-0.4, -0.2) is 49.5 Å². The van der Waals surface area contributed by atoms with Crippen LogP contribution in [0.2, 0.25) is 0 Å². The first-order valence-corrected chi connectivity index (χ1v) is 12.3. The Hall–Kier alpha value is -4.46. The monoisotopic (exact) mass is 517 g/mol. The van der Waals surface area contributed by atoms with Gasteiger partial charge in [-0.05, 0) is 43.7 Å². The largest absolute Gasteiger partial charge is 0.497 e. The molecule has 0 heterocycles. The number of hydrogen-bond acceptors (Lipinski definition) is 7. The average Bonchev–Trinajstić information content (AvgIpc) is 2.95. The van der Waals surface area contributed by atoms with Crippen molar-refractivity contribution in [3.05, 3.63) is 102 Å². The number of carbonyl (C=O) groups is 4. The highest BCUT2D eigenvalue weighted by molar-refractivity contribution is 6.12. The highest BCUT2D eigenvalue weighted by atomic mass is 16.6. The van der Waals surface area contributed by atoms with E-state index in [2.05, 4.69) is 5.32 Å². The van der Waals surface area contributed by atoms with Gasteiger partial charge in [-0.15, -0.1) is 0 Å². The van der Waals surface area contributed by atoms with Gasteiger partial charge >= 0.3 is 11.9 Å². The fourth-order valence-corrected chi connectivity index (χ4v) is 4.17. The number of nitrogens with one attached hydrogen (secondary N) is 1. The third-order valence-electron chi connectivity index (χ3n) is 6.07. The molecular formula is C30H31NO7. The minimum absolute atomic E-state index is 0.0663. The van der Waals surface area contributed by atoms with Crippen molar-refractivity contribution in [1.82, 2.24) is 5.32 Å². The Morgan fingerprint density at radius 3 is 1.71 bits per heavy atom. The van der Waals surface area contributed by atoms with Crippen molar-refractivity contribution in [2.24, 2.45) is 0 Å². The van der Waals surface area contributed by atoms with Gasteiger partial charge in [-0.25, -0.2) is 9.59 Å². The SMILES string of the molecule is CCOC(=O)C(NC(=O)c1ccccc1)(C(=O)OCC)C(CC(=O)c1ccccc1)c1ccc(OC)cc1. The fraction of sp³-hybridized carbons (Fsp3) is 0.267. The quantitative estimate of drug-likeness (QED) is 0.216. The third-order valence-corrected chi connectivity index (χ3v) is 6.07. The number of ketones is 1. The number of methoxy groups -OCH3 is 1. The molecule has 1 unspecified atom stereocenters. The second-order valence-corrected chi connectivity index (χ2v) is 8.39. The van der Waals surface area contributed by atoms with Crippen LogP contribution in [0.5, 0.6) is 5.75 Å². The lowest BCUT2D eigenvalue weighted by atomic mass is 9.75. The van der Waals surface area contributed by atoms with Gasteiger partial charge in [-0.2, -0.15) is 0 Å². The molecule has 3 aromatic carbocycles. The van der Waals surface area contributed by atoms with Crippen molar-refractivity contribution in [3.8, 4) is 5.75 Å². The van der Waals surface area contributed by atoms with Crippen molar-refractivity contribution in [2.75, 3.05) is 20.3 Å². The van der Waals surface area contributed by atoms with Gasteiger partial charge in [0.15, 0.2) is 5.78 Å². The molecule has 0 radical (unpaired) electrons. The Bertz CT molecular complexity index is 1220. The first-order chi connectivity index (χ1) is 18.4. The summed E-state index contributed by atoms with van der Waals surface area (Å²) >= 11 is 0. The van der Waals surface area contributed by atoms with Crippen molar-refractivity contribution < 1.29 is 33.4 Å². The van der Waals surface area contributed by atoms with Gasteiger partial charge in [0.1, 0.15) is 5.75 Å². The van der Waals surface area contributed by atoms with Gasteiger partial charge in [0, 0.05) is 23.5 Å². The molecule has 1 amide bonds. The molecular weight excluding hydrogens is 486 g/mol. The maximum absolute atomic E-state index is 13.7. The number of hydrogen-bond donors (Lipinski definition) is 1. The topological polar surface area (TPSA) is 108 Å². The molecule has 38 heavy (non-hydrogen) atoms. The number of carbonyl (C=O) groups excluding carboxylic acids is 4. The first kappa shape index (κ1) is 28.1. The molecule has 0 saturated heterocycles. The second kappa shape index (κ2) is 13.2. The summed E-state index contributed by atoms with van der Waals surface area (Å²) in [5.74, 6) is -3.72. The molecule has 1 N–H and O–H groups in total. The predicted octanol–water partition coefficient (Wildman–Crippen LogP) is 4.35. The molecule has 0 bridgehead atoms. The fourth-order valence-electron chi connectivity index (χ4n) is 4.17. The van der Waals surface area contributed by atoms with E-state index >= 15 is 0 Å². The average molecular weight is 518 g/mol. The Labute approximate surface area is 221 Å². The summed E-state index contributed by atoms with van der Waals surface area (Å²) in [5.41, 5.74) is -1.32. The van der Waals surface area contributed by atoms with E-state index in [9.17, 15) is 19.2 Å². The van der Waals surface area contributed by atoms with E-state index < -0.39 is 29.3 Å². The lowest BCUT2D eigenvalue weighted by Crippen LogP contribution is -2.65. The van der Waals surface area contributed by atoms with Crippen LogP contribution in [0, 0.1) is 0 Å². The molecule has 0 saturated carbocycles. The molecule has 3 aromatic rings. The number of Topliss-reactive ketones (excluding diaryl/α,β-unsaturated/α-hetero) is 1. The van der Waals surface area contributed by atoms with Crippen LogP contribution in [0.25, 0.3) is 0 Å². The summed E-state index contributed by atoms with van der Waals surface area (Å²) in [6.07, 6.45) is -0.303. The summed E-state index contributed by atoms with van der Waals surface area (Å²) in [5, 5.41) is 2.63. The van der Waals surface area contributed by atoms with Gasteiger partial charge < -0.3 is 19.5 Å². The molecule has 8 heteroatoms. The Morgan fingerprint density at radius 1 is 0.737 bits per heavy atom. The maximum Gasteiger partial charge on any atom is 0.344 e. The molecule has 0 fully saturated rings. The van der Waals surface area contributed by atoms with Gasteiger partial charge in [0.2, 0.25) is 5.54 Å². The van der Waals surface area contributed by atoms with E-state index in [0.717, 1.165) is 0 Å². The van der Waals surface area contributed by atoms with Crippen molar-refractivity contribution in [3.63, 3.8) is 0 Å². The van der Waals surface area contributed by atoms with Crippen LogP contribution in [-0.2, 0) is 19.1 Å². The van der Waals surface area contributed by atoms with E-state index in [4.69, 9.17) is 14.2 Å². The molecule has 3 rings (SSSR count). The molecule has 0 aliphatic carbocycles. The third kappa shape index (κ3) is 6.26. The molecule has 198 valence electrons. The number of ether oxygens (including phenoxy) is 3. The zero-order valence-corrected chi connectivity index (χ0v) is 21.6. The molecule has 0 aromatic heterocycles. The first-order valence-electron chi connectivity index (χ1n) is 12.3. The van der Waals surface area contributed by atoms with Crippen LogP contribution in [0.3, 0.4) is 0 Å². The van der Waals surface area contributed by atoms with E-state index in [1.54, 1.807) is 98.8 Å². The van der Waals surface area contributed by atoms with Crippen molar-refractivity contribution in [2.45, 2.75) is 31.7 Å². The standard InChI is InChI=1S/C30H31NO7/c1-4-37-28(34)30(29(35)38-5-2,31-27(33)23-14-10-7-11-15-23)25(21-16-18-24(36-3)19-17-21)20-26(32)22-12-8-6-9-13-22/h6-19,25H,4-5,20H2,1-3H3,(H,31,33). The molecule has 0 aliphatic heterocycles. The van der Waals surface area contributed by atoms with Gasteiger partial charge in [0.05, 0.1) is 20.3 Å². The lowest BCUT2D eigenvalue weighted by Gasteiger charge is -2.37. The smallest absolute Gasteiger partial charge is 0.344 e. The van der Waals surface area contributed by atoms with Crippen LogP contribution >= 0.6 is 0 Å². The Kier molecular flexibility index (Phi) is 9.76. The van der Waals surface area contributed by atoms with Crippen LogP contribution in [0.4, 0.5) is 0 Å². The normalized spacial score (nSPS) is 11.7. The zero-order valence-electron chi connectivity index (χ0n) is 21.6. The summed E-state index contributed by atoms with van der Waals surface area (Å²) in [6.45, 7) is 3.04.